The Balaban J connectivity index is 3.73. The fourth-order valence-electron chi connectivity index (χ4n) is 0.775. The quantitative estimate of drug-likeness (QED) is 0.428. The standard InChI is InChI=1S/C6Cl4N2O2/c7-1-2(8)4(10)6(12-14)5(11-13)3(1)9. The lowest BCUT2D eigenvalue weighted by atomic mass is 10.2. The van der Waals surface area contributed by atoms with Crippen LogP contribution in [0.3, 0.4) is 0 Å². The molecule has 0 saturated carbocycles. The molecule has 0 fully saturated rings. The molecule has 0 radical (unpaired) electrons. The van der Waals surface area contributed by atoms with Gasteiger partial charge in [0, 0.05) is 0 Å². The highest BCUT2D eigenvalue weighted by Gasteiger charge is 2.21. The van der Waals surface area contributed by atoms with Gasteiger partial charge in [0.05, 0.1) is 20.1 Å². The molecule has 74 valence electrons. The summed E-state index contributed by atoms with van der Waals surface area (Å²) in [4.78, 5) is 20.7. The van der Waals surface area contributed by atoms with E-state index in [2.05, 4.69) is 10.4 Å². The summed E-state index contributed by atoms with van der Waals surface area (Å²) < 4.78 is 0. The zero-order valence-corrected chi connectivity index (χ0v) is 9.25. The van der Waals surface area contributed by atoms with E-state index < -0.39 is 11.4 Å². The van der Waals surface area contributed by atoms with Crippen molar-refractivity contribution in [2.75, 3.05) is 0 Å². The van der Waals surface area contributed by atoms with Gasteiger partial charge < -0.3 is 0 Å². The van der Waals surface area contributed by atoms with E-state index in [1.54, 1.807) is 0 Å². The summed E-state index contributed by atoms with van der Waals surface area (Å²) in [5.41, 5.74) is -0.831. The van der Waals surface area contributed by atoms with Crippen LogP contribution in [-0.2, 0) is 0 Å². The highest BCUT2D eigenvalue weighted by atomic mass is 35.5. The lowest BCUT2D eigenvalue weighted by Crippen LogP contribution is -1.78. The van der Waals surface area contributed by atoms with Crippen molar-refractivity contribution in [2.24, 2.45) is 10.4 Å². The minimum atomic E-state index is -0.416. The van der Waals surface area contributed by atoms with Crippen LogP contribution in [0.4, 0.5) is 11.4 Å². The van der Waals surface area contributed by atoms with Gasteiger partial charge in [-0.25, -0.2) is 0 Å². The Morgan fingerprint density at radius 1 is 0.643 bits per heavy atom. The van der Waals surface area contributed by atoms with Crippen molar-refractivity contribution in [3.63, 3.8) is 0 Å². The zero-order chi connectivity index (χ0) is 10.9. The number of hydrogen-bond acceptors (Lipinski definition) is 4. The third kappa shape index (κ3) is 1.70. The summed E-state index contributed by atoms with van der Waals surface area (Å²) in [6, 6.07) is 0. The van der Waals surface area contributed by atoms with Gasteiger partial charge in [-0.05, 0) is 10.4 Å². The Morgan fingerprint density at radius 2 is 0.929 bits per heavy atom. The number of hydrogen-bond donors (Lipinski definition) is 0. The normalized spacial score (nSPS) is 10.0. The van der Waals surface area contributed by atoms with Crippen LogP contribution in [0.25, 0.3) is 0 Å². The summed E-state index contributed by atoms with van der Waals surface area (Å²) in [5, 5.41) is 4.23. The van der Waals surface area contributed by atoms with Crippen molar-refractivity contribution in [1.82, 2.24) is 0 Å². The van der Waals surface area contributed by atoms with Gasteiger partial charge in [0.1, 0.15) is 0 Å². The SMILES string of the molecule is O=Nc1c(Cl)c(Cl)c(Cl)c(Cl)c1N=O. The smallest absolute Gasteiger partial charge is 0.145 e. The van der Waals surface area contributed by atoms with E-state index in [0.717, 1.165) is 0 Å². The Kier molecular flexibility index (Phi) is 3.66. The van der Waals surface area contributed by atoms with Gasteiger partial charge in [-0.3, -0.25) is 0 Å². The molecule has 8 heteroatoms. The van der Waals surface area contributed by atoms with E-state index in [4.69, 9.17) is 46.4 Å². The van der Waals surface area contributed by atoms with Gasteiger partial charge >= 0.3 is 0 Å². The summed E-state index contributed by atoms with van der Waals surface area (Å²) in [7, 11) is 0. The molecule has 1 aromatic rings. The number of benzene rings is 1. The minimum absolute atomic E-state index is 0.139. The molecule has 0 unspecified atom stereocenters. The number of nitrogens with zero attached hydrogens (tertiary/aromatic N) is 2. The fourth-order valence-corrected chi connectivity index (χ4v) is 1.68. The average Bonchev–Trinajstić information content (AvgIpc) is 2.20. The second-order valence-electron chi connectivity index (χ2n) is 2.14. The average molecular weight is 274 g/mol. The van der Waals surface area contributed by atoms with Gasteiger partial charge in [0.15, 0.2) is 11.4 Å². The van der Waals surface area contributed by atoms with Crippen molar-refractivity contribution in [1.29, 1.82) is 0 Å². The first-order valence-corrected chi connectivity index (χ1v) is 4.58. The van der Waals surface area contributed by atoms with Gasteiger partial charge in [0.2, 0.25) is 0 Å². The molecule has 0 aliphatic rings. The van der Waals surface area contributed by atoms with Gasteiger partial charge in [-0.1, -0.05) is 46.4 Å². The van der Waals surface area contributed by atoms with Crippen LogP contribution in [0.15, 0.2) is 10.4 Å². The number of halogens is 4. The highest BCUT2D eigenvalue weighted by molar-refractivity contribution is 6.53. The third-order valence-electron chi connectivity index (χ3n) is 1.40. The molecule has 0 aromatic heterocycles. The molecule has 0 amide bonds. The highest BCUT2D eigenvalue weighted by Crippen LogP contribution is 2.49. The van der Waals surface area contributed by atoms with Crippen molar-refractivity contribution in [3.8, 4) is 0 Å². The lowest BCUT2D eigenvalue weighted by molar-refractivity contribution is 1.42. The molecule has 0 bridgehead atoms. The van der Waals surface area contributed by atoms with Crippen LogP contribution in [0.1, 0.15) is 0 Å². The molecule has 0 N–H and O–H groups in total. The first-order chi connectivity index (χ1) is 6.54. The molecule has 0 spiro atoms. The molecule has 0 atom stereocenters. The Morgan fingerprint density at radius 3 is 1.14 bits per heavy atom. The Labute approximate surface area is 98.0 Å². The van der Waals surface area contributed by atoms with Gasteiger partial charge in [-0.2, -0.15) is 0 Å². The monoisotopic (exact) mass is 272 g/mol. The number of rotatable bonds is 2. The van der Waals surface area contributed by atoms with Crippen LogP contribution >= 0.6 is 46.4 Å². The van der Waals surface area contributed by atoms with E-state index in [1.165, 1.54) is 0 Å². The molecule has 1 rings (SSSR count). The molecule has 0 aliphatic carbocycles. The van der Waals surface area contributed by atoms with E-state index in [1.807, 2.05) is 0 Å². The number of nitroso groups, excluding NO2 is 2. The van der Waals surface area contributed by atoms with E-state index in [9.17, 15) is 9.81 Å². The van der Waals surface area contributed by atoms with Crippen LogP contribution < -0.4 is 0 Å². The Hall–Kier alpha value is -0.420. The minimum Gasteiger partial charge on any atom is -0.145 e. The first-order valence-electron chi connectivity index (χ1n) is 3.07. The van der Waals surface area contributed by atoms with Gasteiger partial charge in [0.25, 0.3) is 0 Å². The second-order valence-corrected chi connectivity index (χ2v) is 3.65. The van der Waals surface area contributed by atoms with E-state index >= 15 is 0 Å². The lowest BCUT2D eigenvalue weighted by Gasteiger charge is -2.05. The van der Waals surface area contributed by atoms with E-state index in [0.29, 0.717) is 0 Å². The Bertz CT molecular complexity index is 382. The summed E-state index contributed by atoms with van der Waals surface area (Å²) >= 11 is 22.4. The van der Waals surface area contributed by atoms with Gasteiger partial charge in [-0.15, -0.1) is 9.81 Å². The van der Waals surface area contributed by atoms with Crippen molar-refractivity contribution >= 4 is 57.8 Å². The molecule has 4 nitrogen and oxygen atoms in total. The predicted molar refractivity (Wildman–Crippen MR) is 57.4 cm³/mol. The van der Waals surface area contributed by atoms with Crippen LogP contribution in [0, 0.1) is 9.81 Å². The fraction of sp³-hybridized carbons (Fsp3) is 0. The summed E-state index contributed by atoms with van der Waals surface area (Å²) in [6.07, 6.45) is 0. The third-order valence-corrected chi connectivity index (χ3v) is 3.18. The molecular formula is C6Cl4N2O2. The second kappa shape index (κ2) is 4.40. The maximum atomic E-state index is 10.3. The molecule has 0 saturated heterocycles. The maximum absolute atomic E-state index is 10.3. The van der Waals surface area contributed by atoms with E-state index in [-0.39, 0.29) is 20.1 Å². The maximum Gasteiger partial charge on any atom is 0.158 e. The molecular weight excluding hydrogens is 274 g/mol. The topological polar surface area (TPSA) is 58.9 Å². The predicted octanol–water partition coefficient (Wildman–Crippen LogP) is 5.10. The zero-order valence-electron chi connectivity index (χ0n) is 6.22. The van der Waals surface area contributed by atoms with Crippen LogP contribution in [0.5, 0.6) is 0 Å². The first kappa shape index (κ1) is 11.7. The molecule has 1 aromatic carbocycles. The molecule has 14 heavy (non-hydrogen) atoms. The molecule has 0 heterocycles. The van der Waals surface area contributed by atoms with Crippen LogP contribution in [-0.4, -0.2) is 0 Å². The van der Waals surface area contributed by atoms with Crippen molar-refractivity contribution in [2.45, 2.75) is 0 Å². The van der Waals surface area contributed by atoms with Crippen LogP contribution in [0.2, 0.25) is 20.1 Å². The van der Waals surface area contributed by atoms with Crippen molar-refractivity contribution in [3.05, 3.63) is 29.9 Å². The van der Waals surface area contributed by atoms with Crippen molar-refractivity contribution < 1.29 is 0 Å². The largest absolute Gasteiger partial charge is 0.158 e. The molecule has 0 aliphatic heterocycles. The summed E-state index contributed by atoms with van der Waals surface area (Å²) in [5.74, 6) is 0. The summed E-state index contributed by atoms with van der Waals surface area (Å²) in [6.45, 7) is 0.